The van der Waals surface area contributed by atoms with Crippen LogP contribution in [0.3, 0.4) is 0 Å². The summed E-state index contributed by atoms with van der Waals surface area (Å²) in [6.07, 6.45) is -0.434. The number of carbonyl (C=O) groups is 2. The third-order valence-corrected chi connectivity index (χ3v) is 8.61. The molecule has 0 atom stereocenters. The summed E-state index contributed by atoms with van der Waals surface area (Å²) in [5, 5.41) is 0. The van der Waals surface area contributed by atoms with Gasteiger partial charge in [0, 0.05) is 18.7 Å². The van der Waals surface area contributed by atoms with Crippen LogP contribution in [0.25, 0.3) is 11.1 Å². The van der Waals surface area contributed by atoms with E-state index in [2.05, 4.69) is 24.3 Å². The van der Waals surface area contributed by atoms with Crippen molar-refractivity contribution in [2.24, 2.45) is 0 Å². The Morgan fingerprint density at radius 1 is 0.925 bits per heavy atom. The molecule has 8 heteroatoms. The number of esters is 1. The molecule has 0 radical (unpaired) electrons. The van der Waals surface area contributed by atoms with E-state index in [0.29, 0.717) is 5.69 Å². The third-order valence-electron chi connectivity index (χ3n) is 8.61. The predicted molar refractivity (Wildman–Crippen MR) is 156 cm³/mol. The minimum Gasteiger partial charge on any atom is -0.469 e. The average Bonchev–Trinajstić information content (AvgIpc) is 3.36. The lowest BCUT2D eigenvalue weighted by molar-refractivity contribution is -0.139. The molecular formula is C32H36BNO6. The number of anilines is 1. The molecule has 0 aromatic heterocycles. The average molecular weight is 541 g/mol. The second-order valence-corrected chi connectivity index (χ2v) is 11.5. The molecule has 1 aliphatic heterocycles. The minimum atomic E-state index is -0.655. The number of amides is 1. The number of hydrogen-bond acceptors (Lipinski definition) is 6. The largest absolute Gasteiger partial charge is 0.495 e. The Hall–Kier alpha value is -3.62. The third kappa shape index (κ3) is 4.91. The summed E-state index contributed by atoms with van der Waals surface area (Å²) in [6, 6.07) is 20.2. The molecule has 0 unspecified atom stereocenters. The first-order chi connectivity index (χ1) is 18.9. The van der Waals surface area contributed by atoms with Crippen molar-refractivity contribution in [3.8, 4) is 11.1 Å². The molecule has 5 rings (SSSR count). The fraction of sp³-hybridized carbons (Fsp3) is 0.375. The van der Waals surface area contributed by atoms with Crippen LogP contribution in [-0.4, -0.2) is 51.1 Å². The van der Waals surface area contributed by atoms with Crippen LogP contribution in [-0.2, 0) is 30.0 Å². The number of ether oxygens (including phenoxy) is 2. The lowest BCUT2D eigenvalue weighted by Crippen LogP contribution is -2.41. The molecule has 2 aliphatic rings. The molecule has 0 N–H and O–H groups in total. The van der Waals surface area contributed by atoms with Crippen LogP contribution >= 0.6 is 0 Å². The zero-order valence-corrected chi connectivity index (χ0v) is 24.2. The van der Waals surface area contributed by atoms with Gasteiger partial charge < -0.3 is 18.8 Å². The van der Waals surface area contributed by atoms with Crippen LogP contribution < -0.4 is 10.4 Å². The maximum atomic E-state index is 13.4. The Morgan fingerprint density at radius 3 is 2.02 bits per heavy atom. The fourth-order valence-electron chi connectivity index (χ4n) is 5.40. The summed E-state index contributed by atoms with van der Waals surface area (Å²) >= 11 is 0. The van der Waals surface area contributed by atoms with Gasteiger partial charge in [-0.1, -0.05) is 48.5 Å². The number of methoxy groups -OCH3 is 1. The first-order valence-corrected chi connectivity index (χ1v) is 13.6. The van der Waals surface area contributed by atoms with Gasteiger partial charge in [0.15, 0.2) is 0 Å². The molecule has 1 aliphatic carbocycles. The summed E-state index contributed by atoms with van der Waals surface area (Å²) in [4.78, 5) is 27.1. The molecule has 7 nitrogen and oxygen atoms in total. The Morgan fingerprint density at radius 2 is 1.48 bits per heavy atom. The summed E-state index contributed by atoms with van der Waals surface area (Å²) in [6.45, 7) is 10.1. The van der Waals surface area contributed by atoms with E-state index in [1.165, 1.54) is 23.1 Å². The van der Waals surface area contributed by atoms with E-state index in [4.69, 9.17) is 18.8 Å². The highest BCUT2D eigenvalue weighted by Gasteiger charge is 2.52. The van der Waals surface area contributed by atoms with Crippen molar-refractivity contribution in [2.75, 3.05) is 25.7 Å². The molecular weight excluding hydrogens is 505 g/mol. The van der Waals surface area contributed by atoms with Gasteiger partial charge in [-0.3, -0.25) is 9.69 Å². The molecule has 0 saturated carbocycles. The van der Waals surface area contributed by atoms with E-state index in [-0.39, 0.29) is 24.9 Å². The summed E-state index contributed by atoms with van der Waals surface area (Å²) < 4.78 is 23.5. The second kappa shape index (κ2) is 10.4. The summed E-state index contributed by atoms with van der Waals surface area (Å²) in [7, 11) is 2.37. The Labute approximate surface area is 236 Å². The number of hydrogen-bond donors (Lipinski definition) is 0. The molecule has 1 heterocycles. The van der Waals surface area contributed by atoms with E-state index < -0.39 is 24.4 Å². The fourth-order valence-corrected chi connectivity index (χ4v) is 5.40. The first kappa shape index (κ1) is 27.9. The summed E-state index contributed by atoms with van der Waals surface area (Å²) in [5.41, 5.74) is 6.48. The van der Waals surface area contributed by atoms with Crippen molar-refractivity contribution in [1.29, 1.82) is 0 Å². The van der Waals surface area contributed by atoms with Gasteiger partial charge in [-0.25, -0.2) is 4.79 Å². The highest BCUT2D eigenvalue weighted by molar-refractivity contribution is 6.62. The molecule has 208 valence electrons. The molecule has 40 heavy (non-hydrogen) atoms. The van der Waals surface area contributed by atoms with E-state index in [1.807, 2.05) is 71.0 Å². The van der Waals surface area contributed by atoms with Crippen molar-refractivity contribution in [1.82, 2.24) is 0 Å². The van der Waals surface area contributed by atoms with E-state index in [1.54, 1.807) is 7.05 Å². The zero-order chi connectivity index (χ0) is 28.8. The Kier molecular flexibility index (Phi) is 7.27. The number of fused-ring (bicyclic) bond motifs is 3. The SMILES string of the molecule is COC(=O)Cc1cc(N(C)C(=O)OCC2c3ccccc3-c3ccccc32)cc(B2OC(C)(C)C(C)(C)O2)c1C. The Balaban J connectivity index is 1.41. The molecule has 1 fully saturated rings. The van der Waals surface area contributed by atoms with Crippen LogP contribution in [0, 0.1) is 6.92 Å². The van der Waals surface area contributed by atoms with Gasteiger partial charge in [-0.2, -0.15) is 0 Å². The highest BCUT2D eigenvalue weighted by Crippen LogP contribution is 2.44. The van der Waals surface area contributed by atoms with Crippen LogP contribution in [0.2, 0.25) is 0 Å². The van der Waals surface area contributed by atoms with Gasteiger partial charge in [0.1, 0.15) is 6.61 Å². The van der Waals surface area contributed by atoms with Gasteiger partial charge >= 0.3 is 19.2 Å². The standard InChI is InChI=1S/C32H36BNO6/c1-20-21(17-29(35)37-7)16-22(18-28(20)33-39-31(2,3)32(4,5)40-33)34(6)30(36)38-19-27-25-14-10-8-12-23(25)24-13-9-11-15-26(24)27/h8-16,18,27H,17,19H2,1-7H3. The van der Waals surface area contributed by atoms with Crippen molar-refractivity contribution >= 4 is 30.3 Å². The smallest absolute Gasteiger partial charge is 0.469 e. The molecule has 3 aromatic carbocycles. The monoisotopic (exact) mass is 541 g/mol. The normalized spacial score (nSPS) is 16.8. The van der Waals surface area contributed by atoms with E-state index >= 15 is 0 Å². The minimum absolute atomic E-state index is 0.0436. The van der Waals surface area contributed by atoms with Gasteiger partial charge in [0.25, 0.3) is 0 Å². The molecule has 0 bridgehead atoms. The second-order valence-electron chi connectivity index (χ2n) is 11.5. The summed E-state index contributed by atoms with van der Waals surface area (Å²) in [5.74, 6) is -0.415. The van der Waals surface area contributed by atoms with Crippen LogP contribution in [0.5, 0.6) is 0 Å². The number of nitrogens with zero attached hydrogens (tertiary/aromatic N) is 1. The van der Waals surface area contributed by atoms with Crippen LogP contribution in [0.4, 0.5) is 10.5 Å². The van der Waals surface area contributed by atoms with Crippen LogP contribution in [0.15, 0.2) is 60.7 Å². The molecule has 0 spiro atoms. The van der Waals surface area contributed by atoms with E-state index in [9.17, 15) is 9.59 Å². The van der Waals surface area contributed by atoms with Crippen LogP contribution in [0.1, 0.15) is 55.9 Å². The quantitative estimate of drug-likeness (QED) is 0.308. The van der Waals surface area contributed by atoms with Crippen molar-refractivity contribution in [3.63, 3.8) is 0 Å². The van der Waals surface area contributed by atoms with E-state index in [0.717, 1.165) is 27.7 Å². The topological polar surface area (TPSA) is 74.3 Å². The first-order valence-electron chi connectivity index (χ1n) is 13.6. The van der Waals surface area contributed by atoms with Crippen molar-refractivity contribution < 1.29 is 28.4 Å². The predicted octanol–water partition coefficient (Wildman–Crippen LogP) is 5.40. The van der Waals surface area contributed by atoms with Gasteiger partial charge in [0.2, 0.25) is 0 Å². The lowest BCUT2D eigenvalue weighted by Gasteiger charge is -2.32. The Bertz CT molecular complexity index is 1400. The zero-order valence-electron chi connectivity index (χ0n) is 24.2. The highest BCUT2D eigenvalue weighted by atomic mass is 16.7. The number of rotatable bonds is 6. The number of benzene rings is 3. The lowest BCUT2D eigenvalue weighted by atomic mass is 9.74. The molecule has 1 amide bonds. The maximum absolute atomic E-state index is 13.4. The van der Waals surface area contributed by atoms with Crippen molar-refractivity contribution in [3.05, 3.63) is 82.9 Å². The van der Waals surface area contributed by atoms with Gasteiger partial charge in [-0.15, -0.1) is 0 Å². The van der Waals surface area contributed by atoms with Gasteiger partial charge in [-0.05, 0) is 85.6 Å². The number of carbonyl (C=O) groups excluding carboxylic acids is 2. The van der Waals surface area contributed by atoms with Crippen molar-refractivity contribution in [2.45, 2.75) is 58.2 Å². The molecule has 1 saturated heterocycles. The maximum Gasteiger partial charge on any atom is 0.495 e. The van der Waals surface area contributed by atoms with Gasteiger partial charge in [0.05, 0.1) is 24.7 Å². The molecule has 3 aromatic rings.